The molecular weight excluding hydrogens is 269 g/mol. The summed E-state index contributed by atoms with van der Waals surface area (Å²) >= 11 is 0. The van der Waals surface area contributed by atoms with E-state index in [2.05, 4.69) is 9.97 Å². The second-order valence-electron chi connectivity index (χ2n) is 4.61. The summed E-state index contributed by atoms with van der Waals surface area (Å²) in [6.45, 7) is 0. The topological polar surface area (TPSA) is 61.0 Å². The van der Waals surface area contributed by atoms with E-state index in [4.69, 9.17) is 10.5 Å². The molecule has 5 heteroatoms. The van der Waals surface area contributed by atoms with Gasteiger partial charge < -0.3 is 10.5 Å². The van der Waals surface area contributed by atoms with E-state index in [0.29, 0.717) is 17.0 Å². The Morgan fingerprint density at radius 2 is 1.76 bits per heavy atom. The zero-order chi connectivity index (χ0) is 14.8. The molecule has 1 heterocycles. The number of fused-ring (bicyclic) bond motifs is 1. The van der Waals surface area contributed by atoms with Gasteiger partial charge in [-0.25, -0.2) is 9.37 Å². The lowest BCUT2D eigenvalue weighted by atomic mass is 9.97. The summed E-state index contributed by atoms with van der Waals surface area (Å²) in [5.74, 6) is 0.103. The van der Waals surface area contributed by atoms with Crippen LogP contribution in [0.1, 0.15) is 17.3 Å². The number of rotatable bonds is 3. The molecule has 0 fully saturated rings. The summed E-state index contributed by atoms with van der Waals surface area (Å²) in [6.07, 6.45) is 3.10. The third kappa shape index (κ3) is 2.32. The lowest BCUT2D eigenvalue weighted by molar-refractivity contribution is 0.387. The van der Waals surface area contributed by atoms with E-state index in [1.54, 1.807) is 24.4 Å². The fraction of sp³-hybridized carbons (Fsp3) is 0.125. The molecule has 0 spiro atoms. The van der Waals surface area contributed by atoms with Gasteiger partial charge in [0.1, 0.15) is 11.5 Å². The van der Waals surface area contributed by atoms with Crippen LogP contribution in [0.4, 0.5) is 4.39 Å². The number of hydrogen-bond donors (Lipinski definition) is 1. The third-order valence-electron chi connectivity index (χ3n) is 3.42. The Morgan fingerprint density at radius 1 is 1.05 bits per heavy atom. The van der Waals surface area contributed by atoms with Crippen molar-refractivity contribution in [1.82, 2.24) is 9.97 Å². The first-order valence-corrected chi connectivity index (χ1v) is 6.50. The number of nitrogens with zero attached hydrogens (tertiary/aromatic N) is 2. The fourth-order valence-electron chi connectivity index (χ4n) is 2.41. The van der Waals surface area contributed by atoms with E-state index in [0.717, 1.165) is 10.9 Å². The van der Waals surface area contributed by atoms with Crippen LogP contribution in [0.3, 0.4) is 0 Å². The van der Waals surface area contributed by atoms with E-state index in [-0.39, 0.29) is 5.82 Å². The molecule has 1 unspecified atom stereocenters. The highest BCUT2D eigenvalue weighted by Gasteiger charge is 2.19. The van der Waals surface area contributed by atoms with Gasteiger partial charge in [-0.15, -0.1) is 0 Å². The Kier molecular flexibility index (Phi) is 3.50. The fourth-order valence-corrected chi connectivity index (χ4v) is 2.41. The molecule has 0 aliphatic carbocycles. The maximum Gasteiger partial charge on any atom is 0.237 e. The minimum Gasteiger partial charge on any atom is -0.480 e. The summed E-state index contributed by atoms with van der Waals surface area (Å²) in [5.41, 5.74) is 7.61. The van der Waals surface area contributed by atoms with Crippen molar-refractivity contribution in [3.8, 4) is 5.88 Å². The number of hydrogen-bond acceptors (Lipinski definition) is 4. The van der Waals surface area contributed by atoms with Crippen molar-refractivity contribution in [2.75, 3.05) is 7.11 Å². The maximum absolute atomic E-state index is 13.9. The second-order valence-corrected chi connectivity index (χ2v) is 4.61. The highest BCUT2D eigenvalue weighted by molar-refractivity contribution is 5.87. The molecule has 21 heavy (non-hydrogen) atoms. The highest BCUT2D eigenvalue weighted by Crippen LogP contribution is 2.30. The van der Waals surface area contributed by atoms with Gasteiger partial charge >= 0.3 is 0 Å². The summed E-state index contributed by atoms with van der Waals surface area (Å²) < 4.78 is 19.1. The largest absolute Gasteiger partial charge is 0.480 e. The predicted molar refractivity (Wildman–Crippen MR) is 78.5 cm³/mol. The van der Waals surface area contributed by atoms with Crippen LogP contribution < -0.4 is 10.5 Å². The molecule has 2 N–H and O–H groups in total. The average molecular weight is 283 g/mol. The molecule has 1 aromatic heterocycles. The minimum atomic E-state index is -0.542. The van der Waals surface area contributed by atoms with Crippen molar-refractivity contribution in [2.45, 2.75) is 6.04 Å². The van der Waals surface area contributed by atoms with E-state index >= 15 is 0 Å². The van der Waals surface area contributed by atoms with Crippen LogP contribution in [0.2, 0.25) is 0 Å². The van der Waals surface area contributed by atoms with E-state index in [9.17, 15) is 4.39 Å². The number of aromatic nitrogens is 2. The minimum absolute atomic E-state index is 0.271. The first-order chi connectivity index (χ1) is 10.2. The molecule has 0 amide bonds. The van der Waals surface area contributed by atoms with Crippen molar-refractivity contribution >= 4 is 10.8 Å². The van der Waals surface area contributed by atoms with Crippen molar-refractivity contribution in [1.29, 1.82) is 0 Å². The van der Waals surface area contributed by atoms with Crippen LogP contribution in [-0.4, -0.2) is 17.1 Å². The predicted octanol–water partition coefficient (Wildman–Crippen LogP) is 2.83. The molecule has 0 aliphatic heterocycles. The van der Waals surface area contributed by atoms with Crippen molar-refractivity contribution in [3.63, 3.8) is 0 Å². The zero-order valence-corrected chi connectivity index (χ0v) is 11.5. The third-order valence-corrected chi connectivity index (χ3v) is 3.42. The monoisotopic (exact) mass is 283 g/mol. The number of benzene rings is 2. The lowest BCUT2D eigenvalue weighted by Crippen LogP contribution is -2.16. The van der Waals surface area contributed by atoms with Gasteiger partial charge in [0.2, 0.25) is 5.88 Å². The molecule has 0 saturated heterocycles. The zero-order valence-electron chi connectivity index (χ0n) is 11.5. The molecule has 3 rings (SSSR count). The van der Waals surface area contributed by atoms with Crippen molar-refractivity contribution in [2.24, 2.45) is 5.73 Å². The van der Waals surface area contributed by atoms with Gasteiger partial charge in [-0.3, -0.25) is 4.98 Å². The summed E-state index contributed by atoms with van der Waals surface area (Å²) in [6, 6.07) is 9.77. The smallest absolute Gasteiger partial charge is 0.237 e. The Bertz CT molecular complexity index is 791. The molecule has 106 valence electrons. The molecule has 4 nitrogen and oxygen atoms in total. The van der Waals surface area contributed by atoms with Gasteiger partial charge in [0.05, 0.1) is 13.2 Å². The van der Waals surface area contributed by atoms with Crippen molar-refractivity contribution in [3.05, 3.63) is 65.9 Å². The lowest BCUT2D eigenvalue weighted by Gasteiger charge is -2.16. The van der Waals surface area contributed by atoms with Crippen LogP contribution in [0.25, 0.3) is 10.8 Å². The molecule has 2 aromatic carbocycles. The first-order valence-electron chi connectivity index (χ1n) is 6.50. The van der Waals surface area contributed by atoms with Gasteiger partial charge in [-0.1, -0.05) is 30.3 Å². The van der Waals surface area contributed by atoms with Crippen LogP contribution in [0.15, 0.2) is 48.8 Å². The van der Waals surface area contributed by atoms with Crippen LogP contribution in [0.5, 0.6) is 5.88 Å². The molecule has 3 aromatic rings. The molecule has 0 saturated carbocycles. The highest BCUT2D eigenvalue weighted by atomic mass is 19.1. The Morgan fingerprint density at radius 3 is 2.52 bits per heavy atom. The Hall–Kier alpha value is -2.53. The normalized spacial score (nSPS) is 12.3. The molecule has 0 bridgehead atoms. The number of methoxy groups -OCH3 is 1. The van der Waals surface area contributed by atoms with Gasteiger partial charge in [0.15, 0.2) is 0 Å². The molecule has 0 aliphatic rings. The maximum atomic E-state index is 13.9. The van der Waals surface area contributed by atoms with Gasteiger partial charge in [-0.05, 0) is 17.0 Å². The Labute approximate surface area is 121 Å². The van der Waals surface area contributed by atoms with Crippen LogP contribution >= 0.6 is 0 Å². The summed E-state index contributed by atoms with van der Waals surface area (Å²) in [7, 11) is 1.52. The number of ether oxygens (including phenoxy) is 1. The van der Waals surface area contributed by atoms with Gasteiger partial charge in [-0.2, -0.15) is 0 Å². The first kappa shape index (κ1) is 13.5. The van der Waals surface area contributed by atoms with Crippen LogP contribution in [-0.2, 0) is 0 Å². The van der Waals surface area contributed by atoms with Crippen molar-refractivity contribution < 1.29 is 9.13 Å². The number of nitrogens with two attached hydrogens (primary N) is 1. The second kappa shape index (κ2) is 5.46. The standard InChI is InChI=1S/C16H14FN3O/c1-21-16-15(19-8-9-20-16)14(18)12-6-7-13(17)11-5-3-2-4-10(11)12/h2-9,14H,18H2,1H3. The van der Waals surface area contributed by atoms with E-state index in [1.165, 1.54) is 19.4 Å². The summed E-state index contributed by atoms with van der Waals surface area (Å²) in [5, 5.41) is 1.30. The molecular formula is C16H14FN3O. The quantitative estimate of drug-likeness (QED) is 0.803. The van der Waals surface area contributed by atoms with Crippen LogP contribution in [0, 0.1) is 5.82 Å². The van der Waals surface area contributed by atoms with Gasteiger partial charge in [0, 0.05) is 17.8 Å². The van der Waals surface area contributed by atoms with E-state index < -0.39 is 6.04 Å². The Balaban J connectivity index is 2.18. The number of halogens is 1. The molecule has 1 atom stereocenters. The SMILES string of the molecule is COc1nccnc1C(N)c1ccc(F)c2ccccc12. The van der Waals surface area contributed by atoms with E-state index in [1.807, 2.05) is 12.1 Å². The van der Waals surface area contributed by atoms with Gasteiger partial charge in [0.25, 0.3) is 0 Å². The molecule has 0 radical (unpaired) electrons. The average Bonchev–Trinajstić information content (AvgIpc) is 2.55. The summed E-state index contributed by atoms with van der Waals surface area (Å²) in [4.78, 5) is 8.35.